The van der Waals surface area contributed by atoms with Crippen LogP contribution in [-0.2, 0) is 11.3 Å². The van der Waals surface area contributed by atoms with Gasteiger partial charge in [-0.1, -0.05) is 51.1 Å². The van der Waals surface area contributed by atoms with E-state index in [4.69, 9.17) is 0 Å². The minimum absolute atomic E-state index is 0.0374. The Hall–Kier alpha value is -1.77. The van der Waals surface area contributed by atoms with Crippen LogP contribution < -0.4 is 10.6 Å². The van der Waals surface area contributed by atoms with Gasteiger partial charge in [-0.3, -0.25) is 4.79 Å². The first-order chi connectivity index (χ1) is 9.43. The van der Waals surface area contributed by atoms with Crippen LogP contribution in [0.2, 0.25) is 0 Å². The third-order valence-electron chi connectivity index (χ3n) is 3.46. The van der Waals surface area contributed by atoms with E-state index in [2.05, 4.69) is 43.5 Å². The molecule has 0 aliphatic heterocycles. The zero-order chi connectivity index (χ0) is 15.0. The summed E-state index contributed by atoms with van der Waals surface area (Å²) in [6.45, 7) is 9.78. The van der Waals surface area contributed by atoms with Crippen molar-refractivity contribution in [3.8, 4) is 0 Å². The molecule has 3 nitrogen and oxygen atoms in total. The van der Waals surface area contributed by atoms with Crippen molar-refractivity contribution in [2.45, 2.75) is 40.7 Å². The fraction of sp³-hybridized carbons (Fsp3) is 0.471. The lowest BCUT2D eigenvalue weighted by Crippen LogP contribution is -2.33. The molecule has 110 valence electrons. The minimum Gasteiger partial charge on any atom is -0.384 e. The Balaban J connectivity index is 2.38. The van der Waals surface area contributed by atoms with Crippen LogP contribution >= 0.6 is 0 Å². The first-order valence-electron chi connectivity index (χ1n) is 7.17. The van der Waals surface area contributed by atoms with E-state index in [1.165, 1.54) is 5.56 Å². The van der Waals surface area contributed by atoms with E-state index < -0.39 is 0 Å². The van der Waals surface area contributed by atoms with Gasteiger partial charge in [0, 0.05) is 24.9 Å². The zero-order valence-electron chi connectivity index (χ0n) is 13.0. The molecule has 0 radical (unpaired) electrons. The van der Waals surface area contributed by atoms with E-state index in [0.717, 1.165) is 18.7 Å². The molecule has 0 unspecified atom stereocenters. The number of nitrogens with one attached hydrogen (secondary N) is 2. The molecular formula is C17H26N2O. The van der Waals surface area contributed by atoms with Crippen LogP contribution in [0.5, 0.6) is 0 Å². The van der Waals surface area contributed by atoms with Crippen molar-refractivity contribution in [3.63, 3.8) is 0 Å². The molecule has 3 heteroatoms. The summed E-state index contributed by atoms with van der Waals surface area (Å²) in [5.41, 5.74) is 2.22. The lowest BCUT2D eigenvalue weighted by atomic mass is 9.90. The van der Waals surface area contributed by atoms with E-state index in [1.54, 1.807) is 6.08 Å². The first kappa shape index (κ1) is 16.3. The Labute approximate surface area is 122 Å². The van der Waals surface area contributed by atoms with Crippen LogP contribution in [0.3, 0.4) is 0 Å². The Morgan fingerprint density at radius 3 is 2.45 bits per heavy atom. The average Bonchev–Trinajstić information content (AvgIpc) is 2.44. The maximum Gasteiger partial charge on any atom is 0.245 e. The molecule has 0 heterocycles. The predicted molar refractivity (Wildman–Crippen MR) is 84.1 cm³/mol. The molecule has 1 amide bonds. The molecule has 0 aliphatic rings. The SMILES string of the molecule is CCC(C)(C)CNC(=O)/C=C(/C)NCc1ccccc1. The highest BCUT2D eigenvalue weighted by atomic mass is 16.1. The van der Waals surface area contributed by atoms with Crippen molar-refractivity contribution in [1.29, 1.82) is 0 Å². The maximum atomic E-state index is 11.8. The zero-order valence-corrected chi connectivity index (χ0v) is 13.0. The van der Waals surface area contributed by atoms with Crippen LogP contribution in [-0.4, -0.2) is 12.5 Å². The quantitative estimate of drug-likeness (QED) is 0.750. The first-order valence-corrected chi connectivity index (χ1v) is 7.17. The summed E-state index contributed by atoms with van der Waals surface area (Å²) in [7, 11) is 0. The second-order valence-electron chi connectivity index (χ2n) is 5.90. The molecule has 0 saturated carbocycles. The third kappa shape index (κ3) is 6.41. The fourth-order valence-corrected chi connectivity index (χ4v) is 1.59. The molecule has 1 aromatic carbocycles. The summed E-state index contributed by atoms with van der Waals surface area (Å²) < 4.78 is 0. The minimum atomic E-state index is -0.0374. The van der Waals surface area contributed by atoms with Crippen molar-refractivity contribution in [1.82, 2.24) is 10.6 Å². The number of benzene rings is 1. The van der Waals surface area contributed by atoms with Crippen molar-refractivity contribution in [3.05, 3.63) is 47.7 Å². The van der Waals surface area contributed by atoms with E-state index in [0.29, 0.717) is 6.54 Å². The Bertz CT molecular complexity index is 449. The molecule has 1 rings (SSSR count). The average molecular weight is 274 g/mol. The molecule has 2 N–H and O–H groups in total. The van der Waals surface area contributed by atoms with Gasteiger partial charge in [0.25, 0.3) is 0 Å². The van der Waals surface area contributed by atoms with Crippen molar-refractivity contribution in [2.24, 2.45) is 5.41 Å². The Morgan fingerprint density at radius 1 is 1.20 bits per heavy atom. The second-order valence-corrected chi connectivity index (χ2v) is 5.90. The number of hydrogen-bond donors (Lipinski definition) is 2. The van der Waals surface area contributed by atoms with Gasteiger partial charge in [-0.05, 0) is 24.3 Å². The van der Waals surface area contributed by atoms with Crippen LogP contribution in [0.25, 0.3) is 0 Å². The highest BCUT2D eigenvalue weighted by Crippen LogP contribution is 2.17. The van der Waals surface area contributed by atoms with Gasteiger partial charge < -0.3 is 10.6 Å². The topological polar surface area (TPSA) is 41.1 Å². The summed E-state index contributed by atoms with van der Waals surface area (Å²) in [6, 6.07) is 10.1. The van der Waals surface area contributed by atoms with Gasteiger partial charge in [-0.15, -0.1) is 0 Å². The standard InChI is InChI=1S/C17H26N2O/c1-5-17(3,4)13-19-16(20)11-14(2)18-12-15-9-7-6-8-10-15/h6-11,18H,5,12-13H2,1-4H3,(H,19,20)/b14-11-. The summed E-state index contributed by atoms with van der Waals surface area (Å²) in [5, 5.41) is 6.19. The number of allylic oxidation sites excluding steroid dienone is 1. The smallest absolute Gasteiger partial charge is 0.245 e. The second kappa shape index (κ2) is 7.73. The molecule has 20 heavy (non-hydrogen) atoms. The molecule has 1 aromatic rings. The molecule has 0 aromatic heterocycles. The maximum absolute atomic E-state index is 11.8. The Kier molecular flexibility index (Phi) is 6.29. The van der Waals surface area contributed by atoms with Gasteiger partial charge in [-0.2, -0.15) is 0 Å². The number of carbonyl (C=O) groups excluding carboxylic acids is 1. The van der Waals surface area contributed by atoms with E-state index >= 15 is 0 Å². The molecule has 0 spiro atoms. The lowest BCUT2D eigenvalue weighted by molar-refractivity contribution is -0.117. The molecule has 0 fully saturated rings. The van der Waals surface area contributed by atoms with E-state index in [-0.39, 0.29) is 11.3 Å². The summed E-state index contributed by atoms with van der Waals surface area (Å²) >= 11 is 0. The highest BCUT2D eigenvalue weighted by molar-refractivity contribution is 5.88. The van der Waals surface area contributed by atoms with Gasteiger partial charge in [0.05, 0.1) is 0 Å². The largest absolute Gasteiger partial charge is 0.384 e. The normalized spacial score (nSPS) is 12.1. The summed E-state index contributed by atoms with van der Waals surface area (Å²) in [5.74, 6) is -0.0374. The monoisotopic (exact) mass is 274 g/mol. The number of hydrogen-bond acceptors (Lipinski definition) is 2. The van der Waals surface area contributed by atoms with Gasteiger partial charge >= 0.3 is 0 Å². The van der Waals surface area contributed by atoms with Crippen LogP contribution in [0.1, 0.15) is 39.7 Å². The summed E-state index contributed by atoms with van der Waals surface area (Å²) in [6.07, 6.45) is 2.66. The fourth-order valence-electron chi connectivity index (χ4n) is 1.59. The summed E-state index contributed by atoms with van der Waals surface area (Å²) in [4.78, 5) is 11.8. The molecule has 0 atom stereocenters. The van der Waals surface area contributed by atoms with Crippen molar-refractivity contribution in [2.75, 3.05) is 6.54 Å². The van der Waals surface area contributed by atoms with Gasteiger partial charge in [0.2, 0.25) is 5.91 Å². The van der Waals surface area contributed by atoms with Crippen molar-refractivity contribution < 1.29 is 4.79 Å². The van der Waals surface area contributed by atoms with Gasteiger partial charge in [0.1, 0.15) is 0 Å². The lowest BCUT2D eigenvalue weighted by Gasteiger charge is -2.22. The molecule has 0 bridgehead atoms. The molecule has 0 saturated heterocycles. The number of rotatable bonds is 7. The highest BCUT2D eigenvalue weighted by Gasteiger charge is 2.15. The number of amides is 1. The van der Waals surface area contributed by atoms with Crippen LogP contribution in [0, 0.1) is 5.41 Å². The molecule has 0 aliphatic carbocycles. The van der Waals surface area contributed by atoms with Gasteiger partial charge in [-0.25, -0.2) is 0 Å². The Morgan fingerprint density at radius 2 is 1.85 bits per heavy atom. The molecular weight excluding hydrogens is 248 g/mol. The van der Waals surface area contributed by atoms with Gasteiger partial charge in [0.15, 0.2) is 0 Å². The van der Waals surface area contributed by atoms with Crippen molar-refractivity contribution >= 4 is 5.91 Å². The third-order valence-corrected chi connectivity index (χ3v) is 3.46. The van der Waals surface area contributed by atoms with E-state index in [9.17, 15) is 4.79 Å². The van der Waals surface area contributed by atoms with E-state index in [1.807, 2.05) is 25.1 Å². The number of carbonyl (C=O) groups is 1. The van der Waals surface area contributed by atoms with Crippen LogP contribution in [0.4, 0.5) is 0 Å². The predicted octanol–water partition coefficient (Wildman–Crippen LogP) is 3.23. The van der Waals surface area contributed by atoms with Crippen LogP contribution in [0.15, 0.2) is 42.1 Å².